The summed E-state index contributed by atoms with van der Waals surface area (Å²) in [6.07, 6.45) is -0.632. The van der Waals surface area contributed by atoms with Crippen LogP contribution < -0.4 is 15.0 Å². The summed E-state index contributed by atoms with van der Waals surface area (Å²) in [5.41, 5.74) is 3.84. The smallest absolute Gasteiger partial charge is 0.449 e. The van der Waals surface area contributed by atoms with Crippen molar-refractivity contribution in [1.82, 2.24) is 24.8 Å². The molecule has 3 fully saturated rings. The molecule has 3 aliphatic rings. The first-order valence-electron chi connectivity index (χ1n) is 13.3. The summed E-state index contributed by atoms with van der Waals surface area (Å²) >= 11 is 0. The number of amides is 1. The normalized spacial score (nSPS) is 20.6. The highest BCUT2D eigenvalue weighted by Gasteiger charge is 2.41. The molecule has 2 saturated heterocycles. The van der Waals surface area contributed by atoms with E-state index in [1.807, 2.05) is 48.5 Å². The number of halogens is 3. The van der Waals surface area contributed by atoms with E-state index in [1.165, 1.54) is 0 Å². The fraction of sp³-hybridized carbons (Fsp3) is 0.444. The van der Waals surface area contributed by atoms with Gasteiger partial charge in [-0.25, -0.2) is 9.97 Å². The summed E-state index contributed by atoms with van der Waals surface area (Å²) < 4.78 is 47.4. The number of aromatic nitrogens is 3. The van der Waals surface area contributed by atoms with Crippen molar-refractivity contribution in [2.24, 2.45) is 5.92 Å². The molecular weight excluding hydrogens is 525 g/mol. The Labute approximate surface area is 228 Å². The van der Waals surface area contributed by atoms with Gasteiger partial charge in [0.25, 0.3) is 0 Å². The number of piperazine rings is 1. The molecule has 3 aromatic rings. The van der Waals surface area contributed by atoms with Crippen LogP contribution in [0.25, 0.3) is 22.3 Å². The monoisotopic (exact) mass is 554 g/mol. The molecular formula is C27H29F3N8O2. The van der Waals surface area contributed by atoms with Crippen LogP contribution in [0.1, 0.15) is 32.2 Å². The zero-order valence-corrected chi connectivity index (χ0v) is 21.8. The Morgan fingerprint density at radius 3 is 2.58 bits per heavy atom. The number of anilines is 1. The van der Waals surface area contributed by atoms with Gasteiger partial charge in [0.05, 0.1) is 24.1 Å². The fourth-order valence-electron chi connectivity index (χ4n) is 5.28. The lowest BCUT2D eigenvalue weighted by molar-refractivity contribution is -0.119. The summed E-state index contributed by atoms with van der Waals surface area (Å²) in [5.74, 6) is -1.24. The van der Waals surface area contributed by atoms with E-state index in [0.29, 0.717) is 35.5 Å². The number of fused-ring (bicyclic) bond motifs is 1. The van der Waals surface area contributed by atoms with E-state index in [1.54, 1.807) is 0 Å². The van der Waals surface area contributed by atoms with Crippen LogP contribution in [0.4, 0.5) is 18.9 Å². The molecule has 2 aliphatic heterocycles. The van der Waals surface area contributed by atoms with Gasteiger partial charge in [0.2, 0.25) is 17.6 Å². The van der Waals surface area contributed by atoms with Gasteiger partial charge in [-0.05, 0) is 38.0 Å². The summed E-state index contributed by atoms with van der Waals surface area (Å²) in [4.78, 5) is 23.8. The Kier molecular flexibility index (Phi) is 6.38. The number of hydrogen-bond donors (Lipinski definition) is 3. The molecule has 6 rings (SSSR count). The van der Waals surface area contributed by atoms with E-state index in [-0.39, 0.29) is 43.4 Å². The molecule has 40 heavy (non-hydrogen) atoms. The molecule has 0 radical (unpaired) electrons. The third kappa shape index (κ3) is 4.95. The van der Waals surface area contributed by atoms with E-state index in [4.69, 9.17) is 20.5 Å². The van der Waals surface area contributed by atoms with E-state index in [9.17, 15) is 18.0 Å². The van der Waals surface area contributed by atoms with Gasteiger partial charge in [-0.3, -0.25) is 15.6 Å². The predicted molar refractivity (Wildman–Crippen MR) is 143 cm³/mol. The van der Waals surface area contributed by atoms with Crippen molar-refractivity contribution in [3.63, 3.8) is 0 Å². The highest BCUT2D eigenvalue weighted by Crippen LogP contribution is 2.40. The number of alkyl halides is 3. The minimum Gasteiger partial charge on any atom is -0.473 e. The van der Waals surface area contributed by atoms with Crippen LogP contribution >= 0.6 is 0 Å². The predicted octanol–water partition coefficient (Wildman–Crippen LogP) is 3.98. The van der Waals surface area contributed by atoms with Gasteiger partial charge >= 0.3 is 6.18 Å². The number of nitrogens with zero attached hydrogens (tertiary/aromatic N) is 5. The van der Waals surface area contributed by atoms with Crippen molar-refractivity contribution < 1.29 is 22.7 Å². The Balaban J connectivity index is 1.24. The first kappa shape index (κ1) is 26.1. The van der Waals surface area contributed by atoms with E-state index < -0.39 is 12.0 Å². The van der Waals surface area contributed by atoms with Crippen LogP contribution in [-0.4, -0.2) is 75.5 Å². The van der Waals surface area contributed by atoms with Crippen LogP contribution in [0.5, 0.6) is 5.88 Å². The van der Waals surface area contributed by atoms with Crippen molar-refractivity contribution in [2.45, 2.75) is 44.5 Å². The summed E-state index contributed by atoms with van der Waals surface area (Å²) in [6, 6.07) is 9.74. The fourth-order valence-corrected chi connectivity index (χ4v) is 5.28. The second-order valence-corrected chi connectivity index (χ2v) is 10.6. The molecule has 2 aromatic heterocycles. The van der Waals surface area contributed by atoms with Gasteiger partial charge < -0.3 is 24.4 Å². The topological polar surface area (TPSA) is 123 Å². The number of imidazole rings is 1. The number of rotatable bonds is 6. The van der Waals surface area contributed by atoms with Crippen molar-refractivity contribution in [1.29, 1.82) is 10.8 Å². The van der Waals surface area contributed by atoms with E-state index >= 15 is 0 Å². The Bertz CT molecular complexity index is 1480. The van der Waals surface area contributed by atoms with Crippen molar-refractivity contribution in [2.75, 3.05) is 31.1 Å². The van der Waals surface area contributed by atoms with Crippen molar-refractivity contribution in [3.05, 3.63) is 36.7 Å². The molecule has 2 unspecified atom stereocenters. The Hall–Kier alpha value is -4.16. The second-order valence-electron chi connectivity index (χ2n) is 10.6. The quantitative estimate of drug-likeness (QED) is 0.313. The molecule has 13 heteroatoms. The zero-order chi connectivity index (χ0) is 28.2. The SMILES string of the molecule is CC(Oc1nc(-c2ccc(N3CCN(C(=N)C(F)(F)F)C(=N)C3)cc2)cc2ncn(C3CC3)c12)C1CNC(=O)C1. The minimum absolute atomic E-state index is 0.0191. The maximum Gasteiger partial charge on any atom is 0.449 e. The van der Waals surface area contributed by atoms with E-state index in [0.717, 1.165) is 35.1 Å². The average Bonchev–Trinajstić information content (AvgIpc) is 3.52. The van der Waals surface area contributed by atoms with Gasteiger partial charge in [0.1, 0.15) is 17.5 Å². The standard InChI is InChI=1S/C27H29F3N8O2/c1-15(17-10-23(39)33-12-17)40-25-24-21(34-14-38(24)19-6-7-19)11-20(35-25)16-2-4-18(5-3-16)36-8-9-37(22(31)13-36)26(32)27(28,29)30/h2-5,11,14-15,17,19,31-32H,6-10,12-13H2,1H3,(H,33,39). The molecule has 4 heterocycles. The van der Waals surface area contributed by atoms with Gasteiger partial charge in [0.15, 0.2) is 0 Å². The number of ether oxygens (including phenoxy) is 1. The Morgan fingerprint density at radius 2 is 1.95 bits per heavy atom. The van der Waals surface area contributed by atoms with Crippen molar-refractivity contribution in [3.8, 4) is 17.1 Å². The average molecular weight is 555 g/mol. The van der Waals surface area contributed by atoms with Gasteiger partial charge in [-0.2, -0.15) is 13.2 Å². The molecule has 3 N–H and O–H groups in total. The third-order valence-corrected chi connectivity index (χ3v) is 7.76. The zero-order valence-electron chi connectivity index (χ0n) is 21.8. The van der Waals surface area contributed by atoms with Crippen LogP contribution in [0, 0.1) is 16.7 Å². The van der Waals surface area contributed by atoms with Gasteiger partial charge in [-0.15, -0.1) is 0 Å². The van der Waals surface area contributed by atoms with E-state index in [2.05, 4.69) is 14.9 Å². The number of hydrogen-bond acceptors (Lipinski definition) is 7. The third-order valence-electron chi connectivity index (χ3n) is 7.76. The molecule has 10 nitrogen and oxygen atoms in total. The van der Waals surface area contributed by atoms with Crippen LogP contribution in [0.3, 0.4) is 0 Å². The van der Waals surface area contributed by atoms with Crippen LogP contribution in [0.2, 0.25) is 0 Å². The number of carbonyl (C=O) groups is 1. The summed E-state index contributed by atoms with van der Waals surface area (Å²) in [7, 11) is 0. The lowest BCUT2D eigenvalue weighted by Gasteiger charge is -2.37. The lowest BCUT2D eigenvalue weighted by Crippen LogP contribution is -2.55. The number of amidine groups is 2. The molecule has 0 bridgehead atoms. The maximum atomic E-state index is 13.0. The minimum atomic E-state index is -4.79. The highest BCUT2D eigenvalue weighted by molar-refractivity contribution is 6.03. The summed E-state index contributed by atoms with van der Waals surface area (Å²) in [6.45, 7) is 2.63. The molecule has 1 aliphatic carbocycles. The molecule has 0 spiro atoms. The second kappa shape index (κ2) is 9.79. The summed E-state index contributed by atoms with van der Waals surface area (Å²) in [5, 5.41) is 18.3. The number of pyridine rings is 1. The van der Waals surface area contributed by atoms with Crippen LogP contribution in [0.15, 0.2) is 36.7 Å². The molecule has 210 valence electrons. The van der Waals surface area contributed by atoms with Gasteiger partial charge in [-0.1, -0.05) is 12.1 Å². The highest BCUT2D eigenvalue weighted by atomic mass is 19.4. The van der Waals surface area contributed by atoms with Crippen LogP contribution in [-0.2, 0) is 4.79 Å². The first-order valence-corrected chi connectivity index (χ1v) is 13.3. The Morgan fingerprint density at radius 1 is 1.20 bits per heavy atom. The molecule has 1 aromatic carbocycles. The largest absolute Gasteiger partial charge is 0.473 e. The number of carbonyl (C=O) groups excluding carboxylic acids is 1. The number of benzene rings is 1. The molecule has 2 atom stereocenters. The van der Waals surface area contributed by atoms with Gasteiger partial charge in [0, 0.05) is 49.3 Å². The maximum absolute atomic E-state index is 13.0. The first-order chi connectivity index (χ1) is 19.1. The lowest BCUT2D eigenvalue weighted by atomic mass is 10.0. The molecule has 1 amide bonds. The molecule has 1 saturated carbocycles. The van der Waals surface area contributed by atoms with Crippen molar-refractivity contribution >= 4 is 34.3 Å². The number of nitrogens with one attached hydrogen (secondary N) is 3.